The van der Waals surface area contributed by atoms with Crippen molar-refractivity contribution >= 4 is 45.2 Å². The van der Waals surface area contributed by atoms with Crippen LogP contribution in [0.2, 0.25) is 0 Å². The van der Waals surface area contributed by atoms with E-state index in [1.165, 1.54) is 24.5 Å². The Morgan fingerprint density at radius 2 is 2.18 bits per heavy atom. The van der Waals surface area contributed by atoms with E-state index < -0.39 is 22.9 Å². The SMILES string of the molecule is [B]c1cnc2c(c1)c(C(=O)c1c(O)ccc(N)c1F)cn2P. The third-order valence-electron chi connectivity index (χ3n) is 3.31. The monoisotopic (exact) mass is 313 g/mol. The minimum Gasteiger partial charge on any atom is -0.507 e. The molecule has 3 rings (SSSR count). The smallest absolute Gasteiger partial charge is 0.202 e. The number of rotatable bonds is 2. The number of anilines is 1. The van der Waals surface area contributed by atoms with Crippen molar-refractivity contribution in [1.82, 2.24) is 9.32 Å². The van der Waals surface area contributed by atoms with Gasteiger partial charge in [-0.15, -0.1) is 0 Å². The van der Waals surface area contributed by atoms with Gasteiger partial charge in [0.05, 0.1) is 11.3 Å². The van der Waals surface area contributed by atoms with E-state index >= 15 is 0 Å². The van der Waals surface area contributed by atoms with Crippen LogP contribution < -0.4 is 11.2 Å². The molecule has 0 saturated carbocycles. The highest BCUT2D eigenvalue weighted by Gasteiger charge is 2.24. The molecule has 2 aromatic heterocycles. The van der Waals surface area contributed by atoms with E-state index in [0.717, 1.165) is 0 Å². The van der Waals surface area contributed by atoms with Crippen LogP contribution in [0.1, 0.15) is 15.9 Å². The van der Waals surface area contributed by atoms with Crippen molar-refractivity contribution in [2.45, 2.75) is 0 Å². The zero-order valence-corrected chi connectivity index (χ0v) is 12.4. The number of carbonyl (C=O) groups is 1. The first-order valence-electron chi connectivity index (χ1n) is 6.23. The average Bonchev–Trinajstić information content (AvgIpc) is 2.80. The van der Waals surface area contributed by atoms with E-state index in [4.69, 9.17) is 13.6 Å². The fraction of sp³-hybridized carbons (Fsp3) is 0. The zero-order chi connectivity index (χ0) is 16.0. The maximum Gasteiger partial charge on any atom is 0.202 e. The molecule has 2 radical (unpaired) electrons. The zero-order valence-electron chi connectivity index (χ0n) is 11.2. The predicted octanol–water partition coefficient (Wildman–Crippen LogP) is 1.13. The van der Waals surface area contributed by atoms with Crippen LogP contribution in [-0.2, 0) is 0 Å². The Hall–Kier alpha value is -2.40. The lowest BCUT2D eigenvalue weighted by atomic mass is 9.95. The van der Waals surface area contributed by atoms with E-state index in [-0.39, 0.29) is 11.3 Å². The summed E-state index contributed by atoms with van der Waals surface area (Å²) in [4.78, 5) is 16.8. The fourth-order valence-corrected chi connectivity index (χ4v) is 2.62. The molecular weight excluding hydrogens is 303 g/mol. The van der Waals surface area contributed by atoms with Gasteiger partial charge in [-0.2, -0.15) is 0 Å². The molecule has 0 saturated heterocycles. The number of pyridine rings is 1. The van der Waals surface area contributed by atoms with Crippen molar-refractivity contribution in [2.75, 3.05) is 5.73 Å². The van der Waals surface area contributed by atoms with Crippen LogP contribution in [0.15, 0.2) is 30.6 Å². The summed E-state index contributed by atoms with van der Waals surface area (Å²) in [5.74, 6) is -2.12. The molecule has 2 heterocycles. The maximum absolute atomic E-state index is 14.1. The Balaban J connectivity index is 2.27. The van der Waals surface area contributed by atoms with Gasteiger partial charge in [-0.05, 0) is 21.5 Å². The molecule has 3 aromatic rings. The Morgan fingerprint density at radius 3 is 2.91 bits per heavy atom. The third-order valence-corrected chi connectivity index (χ3v) is 3.71. The van der Waals surface area contributed by atoms with Crippen LogP contribution in [-0.4, -0.2) is 28.1 Å². The lowest BCUT2D eigenvalue weighted by molar-refractivity contribution is 0.103. The molecule has 1 atom stereocenters. The van der Waals surface area contributed by atoms with Crippen molar-refractivity contribution in [3.8, 4) is 5.75 Å². The van der Waals surface area contributed by atoms with Gasteiger partial charge in [0.1, 0.15) is 24.8 Å². The molecule has 0 spiro atoms. The third kappa shape index (κ3) is 2.14. The van der Waals surface area contributed by atoms with E-state index in [9.17, 15) is 14.3 Å². The second-order valence-electron chi connectivity index (χ2n) is 4.78. The maximum atomic E-state index is 14.1. The van der Waals surface area contributed by atoms with Gasteiger partial charge in [0.15, 0.2) is 5.82 Å². The molecule has 0 amide bonds. The van der Waals surface area contributed by atoms with Crippen LogP contribution >= 0.6 is 9.39 Å². The van der Waals surface area contributed by atoms with Gasteiger partial charge < -0.3 is 15.2 Å². The molecule has 0 aliphatic rings. The molecule has 8 heteroatoms. The lowest BCUT2D eigenvalue weighted by Gasteiger charge is -2.06. The quantitative estimate of drug-likeness (QED) is 0.244. The Kier molecular flexibility index (Phi) is 3.37. The number of hydrogen-bond donors (Lipinski definition) is 2. The molecule has 0 fully saturated rings. The Morgan fingerprint density at radius 1 is 1.45 bits per heavy atom. The highest BCUT2D eigenvalue weighted by molar-refractivity contribution is 7.14. The van der Waals surface area contributed by atoms with Crippen LogP contribution in [0.25, 0.3) is 11.0 Å². The number of benzene rings is 1. The molecule has 3 N–H and O–H groups in total. The summed E-state index contributed by atoms with van der Waals surface area (Å²) in [6, 6.07) is 3.94. The predicted molar refractivity (Wildman–Crippen MR) is 86.1 cm³/mol. The van der Waals surface area contributed by atoms with Crippen LogP contribution in [0.3, 0.4) is 0 Å². The molecule has 5 nitrogen and oxygen atoms in total. The summed E-state index contributed by atoms with van der Waals surface area (Å²) in [6.07, 6.45) is 2.93. The van der Waals surface area contributed by atoms with Gasteiger partial charge in [0.2, 0.25) is 5.78 Å². The van der Waals surface area contributed by atoms with Crippen molar-refractivity contribution in [2.24, 2.45) is 0 Å². The minimum absolute atomic E-state index is 0.171. The first kappa shape index (κ1) is 14.5. The van der Waals surface area contributed by atoms with E-state index in [1.807, 2.05) is 0 Å². The molecule has 0 aliphatic heterocycles. The second-order valence-corrected chi connectivity index (χ2v) is 5.34. The summed E-state index contributed by atoms with van der Waals surface area (Å²) < 4.78 is 15.7. The number of nitrogens with zero attached hydrogens (tertiary/aromatic N) is 2. The number of nitrogen functional groups attached to an aromatic ring is 1. The topological polar surface area (TPSA) is 81.1 Å². The number of halogens is 1. The first-order chi connectivity index (χ1) is 10.4. The minimum atomic E-state index is -0.952. The van der Waals surface area contributed by atoms with Gasteiger partial charge >= 0.3 is 0 Å². The van der Waals surface area contributed by atoms with Gasteiger partial charge in [-0.1, -0.05) is 11.5 Å². The molecule has 108 valence electrons. The van der Waals surface area contributed by atoms with E-state index in [2.05, 4.69) is 14.4 Å². The van der Waals surface area contributed by atoms with Crippen molar-refractivity contribution < 1.29 is 14.3 Å². The lowest BCUT2D eigenvalue weighted by Crippen LogP contribution is -2.08. The molecule has 0 bridgehead atoms. The van der Waals surface area contributed by atoms with Crippen molar-refractivity contribution in [3.63, 3.8) is 0 Å². The summed E-state index contributed by atoms with van der Waals surface area (Å²) in [7, 11) is 8.07. The Bertz CT molecular complexity index is 926. The summed E-state index contributed by atoms with van der Waals surface area (Å²) in [5.41, 5.74) is 5.81. The van der Waals surface area contributed by atoms with Crippen molar-refractivity contribution in [1.29, 1.82) is 0 Å². The standard InChI is InChI=1S/C14H10BFN3O2P/c15-6-3-7-8(5-19(22)14(7)18-4-6)13(21)11-10(20)2-1-9(17)12(11)16/h1-5,20H,17,22H2. The van der Waals surface area contributed by atoms with Crippen LogP contribution in [0.5, 0.6) is 5.75 Å². The van der Waals surface area contributed by atoms with Gasteiger partial charge in [0.25, 0.3) is 0 Å². The van der Waals surface area contributed by atoms with Crippen LogP contribution in [0, 0.1) is 5.82 Å². The first-order valence-corrected chi connectivity index (χ1v) is 6.75. The fourth-order valence-electron chi connectivity index (χ4n) is 2.26. The number of aromatic hydroxyl groups is 1. The molecule has 1 unspecified atom stereocenters. The summed E-state index contributed by atoms with van der Waals surface area (Å²) >= 11 is 0. The molecule has 1 aromatic carbocycles. The summed E-state index contributed by atoms with van der Waals surface area (Å²) in [6.45, 7) is 0. The van der Waals surface area contributed by atoms with Crippen LogP contribution in [0.4, 0.5) is 10.1 Å². The average molecular weight is 313 g/mol. The normalized spacial score (nSPS) is 11.0. The number of hydrogen-bond acceptors (Lipinski definition) is 4. The van der Waals surface area contributed by atoms with Crippen molar-refractivity contribution in [3.05, 3.63) is 47.5 Å². The largest absolute Gasteiger partial charge is 0.507 e. The highest BCUT2D eigenvalue weighted by Crippen LogP contribution is 2.30. The summed E-state index contributed by atoms with van der Waals surface area (Å²) in [5, 5.41) is 10.3. The number of nitrogens with two attached hydrogens (primary N) is 1. The van der Waals surface area contributed by atoms with Gasteiger partial charge in [-0.3, -0.25) is 4.79 Å². The number of fused-ring (bicyclic) bond motifs is 1. The van der Waals surface area contributed by atoms with Gasteiger partial charge in [-0.25, -0.2) is 9.37 Å². The number of ketones is 1. The number of carbonyl (C=O) groups excluding carboxylic acids is 1. The molecular formula is C14H10BFN3O2P. The van der Waals surface area contributed by atoms with E-state index in [1.54, 1.807) is 10.4 Å². The number of phenolic OH excluding ortho intramolecular Hbond substituents is 1. The highest BCUT2D eigenvalue weighted by atomic mass is 31.0. The number of aromatic nitrogens is 2. The molecule has 22 heavy (non-hydrogen) atoms. The van der Waals surface area contributed by atoms with Gasteiger partial charge in [0, 0.05) is 17.8 Å². The Labute approximate surface area is 128 Å². The van der Waals surface area contributed by atoms with E-state index in [0.29, 0.717) is 16.5 Å². The number of phenols is 1. The second kappa shape index (κ2) is 5.11. The molecule has 0 aliphatic carbocycles.